The van der Waals surface area contributed by atoms with Crippen molar-refractivity contribution in [2.24, 2.45) is 10.9 Å². The van der Waals surface area contributed by atoms with Crippen molar-refractivity contribution in [3.05, 3.63) is 15.6 Å². The Labute approximate surface area is 167 Å². The Morgan fingerprint density at radius 3 is 2.75 bits per heavy atom. The molecule has 0 amide bonds. The second kappa shape index (κ2) is 11.3. The molecule has 0 saturated carbocycles. The van der Waals surface area contributed by atoms with Crippen molar-refractivity contribution in [2.75, 3.05) is 32.7 Å². The number of guanidine groups is 1. The molecule has 1 saturated heterocycles. The quantitative estimate of drug-likeness (QED) is 0.369. The summed E-state index contributed by atoms with van der Waals surface area (Å²) < 4.78 is 0. The van der Waals surface area contributed by atoms with E-state index in [1.165, 1.54) is 37.4 Å². The van der Waals surface area contributed by atoms with Gasteiger partial charge in [0.25, 0.3) is 0 Å². The van der Waals surface area contributed by atoms with Gasteiger partial charge < -0.3 is 15.5 Å². The highest BCUT2D eigenvalue weighted by molar-refractivity contribution is 14.0. The molecule has 2 heterocycles. The average Bonchev–Trinajstić information content (AvgIpc) is 3.09. The Bertz CT molecular complexity index is 517. The molecule has 1 atom stereocenters. The number of aromatic nitrogens is 1. The van der Waals surface area contributed by atoms with Crippen LogP contribution >= 0.6 is 35.3 Å². The van der Waals surface area contributed by atoms with Crippen molar-refractivity contribution in [3.63, 3.8) is 0 Å². The lowest BCUT2D eigenvalue weighted by molar-refractivity contribution is 0.324. The van der Waals surface area contributed by atoms with E-state index in [0.29, 0.717) is 6.54 Å². The lowest BCUT2D eigenvalue weighted by Gasteiger charge is -2.16. The van der Waals surface area contributed by atoms with E-state index in [2.05, 4.69) is 48.2 Å². The SMILES string of the molecule is CCCN1CCC(CNC(=NCc2sc(C)nc2C)NCC)C1.I. The highest BCUT2D eigenvalue weighted by atomic mass is 127. The van der Waals surface area contributed by atoms with Gasteiger partial charge in [0.05, 0.1) is 17.2 Å². The molecular weight excluding hydrogens is 433 g/mol. The molecule has 1 unspecified atom stereocenters. The van der Waals surface area contributed by atoms with Crippen LogP contribution in [0.4, 0.5) is 0 Å². The molecule has 1 aliphatic rings. The summed E-state index contributed by atoms with van der Waals surface area (Å²) >= 11 is 1.74. The van der Waals surface area contributed by atoms with Crippen LogP contribution in [0.5, 0.6) is 0 Å². The monoisotopic (exact) mass is 465 g/mol. The summed E-state index contributed by atoms with van der Waals surface area (Å²) in [5, 5.41) is 7.99. The van der Waals surface area contributed by atoms with Gasteiger partial charge in [-0.15, -0.1) is 35.3 Å². The van der Waals surface area contributed by atoms with Crippen LogP contribution < -0.4 is 10.6 Å². The van der Waals surface area contributed by atoms with Gasteiger partial charge in [-0.25, -0.2) is 9.98 Å². The zero-order chi connectivity index (χ0) is 16.7. The van der Waals surface area contributed by atoms with Crippen LogP contribution in [0.15, 0.2) is 4.99 Å². The van der Waals surface area contributed by atoms with Gasteiger partial charge in [-0.05, 0) is 52.6 Å². The maximum Gasteiger partial charge on any atom is 0.191 e. The normalized spacial score (nSPS) is 18.5. The van der Waals surface area contributed by atoms with E-state index in [0.717, 1.165) is 35.7 Å². The van der Waals surface area contributed by atoms with E-state index >= 15 is 0 Å². The molecule has 0 aromatic carbocycles. The molecule has 1 fully saturated rings. The zero-order valence-electron chi connectivity index (χ0n) is 15.4. The number of hydrogen-bond acceptors (Lipinski definition) is 4. The van der Waals surface area contributed by atoms with Crippen molar-refractivity contribution < 1.29 is 0 Å². The minimum absolute atomic E-state index is 0. The number of aryl methyl sites for hydroxylation is 2. The van der Waals surface area contributed by atoms with Gasteiger partial charge in [-0.3, -0.25) is 0 Å². The summed E-state index contributed by atoms with van der Waals surface area (Å²) in [4.78, 5) is 13.0. The van der Waals surface area contributed by atoms with Crippen LogP contribution in [0.3, 0.4) is 0 Å². The number of likely N-dealkylation sites (tertiary alicyclic amines) is 1. The molecule has 2 N–H and O–H groups in total. The summed E-state index contributed by atoms with van der Waals surface area (Å²) in [7, 11) is 0. The van der Waals surface area contributed by atoms with Gasteiger partial charge in [0.15, 0.2) is 5.96 Å². The molecule has 24 heavy (non-hydrogen) atoms. The Balaban J connectivity index is 0.00000288. The number of nitrogens with one attached hydrogen (secondary N) is 2. The van der Waals surface area contributed by atoms with Gasteiger partial charge in [0, 0.05) is 24.5 Å². The highest BCUT2D eigenvalue weighted by Crippen LogP contribution is 2.18. The molecule has 7 heteroatoms. The Kier molecular flexibility index (Phi) is 10.1. The van der Waals surface area contributed by atoms with Crippen molar-refractivity contribution in [1.29, 1.82) is 0 Å². The predicted octanol–water partition coefficient (Wildman–Crippen LogP) is 3.16. The molecule has 0 radical (unpaired) electrons. The number of thiazole rings is 1. The predicted molar refractivity (Wildman–Crippen MR) is 115 cm³/mol. The van der Waals surface area contributed by atoms with E-state index in [-0.39, 0.29) is 24.0 Å². The second-order valence-corrected chi connectivity index (χ2v) is 7.56. The maximum absolute atomic E-state index is 4.73. The molecule has 0 spiro atoms. The summed E-state index contributed by atoms with van der Waals surface area (Å²) in [5.41, 5.74) is 1.11. The highest BCUT2D eigenvalue weighted by Gasteiger charge is 2.21. The lowest BCUT2D eigenvalue weighted by atomic mass is 10.1. The molecule has 0 aliphatic carbocycles. The van der Waals surface area contributed by atoms with Gasteiger partial charge in [-0.2, -0.15) is 0 Å². The van der Waals surface area contributed by atoms with E-state index < -0.39 is 0 Å². The fraction of sp³-hybridized carbons (Fsp3) is 0.765. The van der Waals surface area contributed by atoms with E-state index in [1.54, 1.807) is 11.3 Å². The molecule has 2 rings (SSSR count). The zero-order valence-corrected chi connectivity index (χ0v) is 18.5. The average molecular weight is 465 g/mol. The third kappa shape index (κ3) is 6.84. The topological polar surface area (TPSA) is 52.5 Å². The minimum Gasteiger partial charge on any atom is -0.357 e. The third-order valence-corrected chi connectivity index (χ3v) is 5.25. The van der Waals surface area contributed by atoms with Gasteiger partial charge in [-0.1, -0.05) is 6.92 Å². The lowest BCUT2D eigenvalue weighted by Crippen LogP contribution is -2.40. The first kappa shape index (κ1) is 21.6. The van der Waals surface area contributed by atoms with E-state index in [4.69, 9.17) is 4.99 Å². The Hall–Kier alpha value is -0.410. The van der Waals surface area contributed by atoms with Gasteiger partial charge in [0.1, 0.15) is 0 Å². The van der Waals surface area contributed by atoms with Gasteiger partial charge in [0.2, 0.25) is 0 Å². The standard InChI is InChI=1S/C17H31N5S.HI/c1-5-8-22-9-7-15(12-22)10-19-17(18-6-2)20-11-16-13(3)21-14(4)23-16;/h15H,5-12H2,1-4H3,(H2,18,19,20);1H. The first-order valence-electron chi connectivity index (χ1n) is 8.79. The largest absolute Gasteiger partial charge is 0.357 e. The number of nitrogens with zero attached hydrogens (tertiary/aromatic N) is 3. The summed E-state index contributed by atoms with van der Waals surface area (Å²) in [5.74, 6) is 1.66. The number of hydrogen-bond donors (Lipinski definition) is 2. The van der Waals surface area contributed by atoms with Gasteiger partial charge >= 0.3 is 0 Å². The smallest absolute Gasteiger partial charge is 0.191 e. The van der Waals surface area contributed by atoms with Crippen LogP contribution in [-0.2, 0) is 6.54 Å². The second-order valence-electron chi connectivity index (χ2n) is 6.27. The first-order chi connectivity index (χ1) is 11.1. The van der Waals surface area contributed by atoms with Crippen molar-refractivity contribution in [2.45, 2.75) is 47.1 Å². The Morgan fingerprint density at radius 2 is 2.12 bits per heavy atom. The summed E-state index contributed by atoms with van der Waals surface area (Å²) in [6.45, 7) is 14.8. The van der Waals surface area contributed by atoms with Crippen LogP contribution in [-0.4, -0.2) is 48.6 Å². The van der Waals surface area contributed by atoms with E-state index in [9.17, 15) is 0 Å². The fourth-order valence-corrected chi connectivity index (χ4v) is 3.91. The van der Waals surface area contributed by atoms with Crippen molar-refractivity contribution in [3.8, 4) is 0 Å². The Morgan fingerprint density at radius 1 is 1.33 bits per heavy atom. The minimum atomic E-state index is 0. The number of halogens is 1. The van der Waals surface area contributed by atoms with Crippen LogP contribution in [0, 0.1) is 19.8 Å². The molecule has 1 aliphatic heterocycles. The first-order valence-corrected chi connectivity index (χ1v) is 9.61. The van der Waals surface area contributed by atoms with Crippen LogP contribution in [0.2, 0.25) is 0 Å². The van der Waals surface area contributed by atoms with Crippen LogP contribution in [0.25, 0.3) is 0 Å². The molecule has 0 bridgehead atoms. The number of rotatable bonds is 7. The molecule has 1 aromatic rings. The van der Waals surface area contributed by atoms with Crippen molar-refractivity contribution >= 4 is 41.3 Å². The van der Waals surface area contributed by atoms with Crippen LogP contribution in [0.1, 0.15) is 42.3 Å². The summed E-state index contributed by atoms with van der Waals surface area (Å²) in [6.07, 6.45) is 2.54. The maximum atomic E-state index is 4.73. The fourth-order valence-electron chi connectivity index (χ4n) is 3.05. The van der Waals surface area contributed by atoms with Crippen molar-refractivity contribution in [1.82, 2.24) is 20.5 Å². The molecule has 5 nitrogen and oxygen atoms in total. The number of aliphatic imine (C=N–C) groups is 1. The van der Waals surface area contributed by atoms with E-state index in [1.807, 2.05) is 0 Å². The molecule has 1 aromatic heterocycles. The molecular formula is C17H32IN5S. The third-order valence-electron chi connectivity index (χ3n) is 4.19. The summed E-state index contributed by atoms with van der Waals surface area (Å²) in [6, 6.07) is 0. The molecule has 138 valence electrons.